The maximum absolute atomic E-state index is 6.28. The van der Waals surface area contributed by atoms with Gasteiger partial charge in [-0.15, -0.1) is 0 Å². The summed E-state index contributed by atoms with van der Waals surface area (Å²) in [5.41, 5.74) is 1.99. The Hall–Kier alpha value is -0.250. The molecule has 100 valence electrons. The van der Waals surface area contributed by atoms with Gasteiger partial charge in [-0.3, -0.25) is 0 Å². The van der Waals surface area contributed by atoms with E-state index in [1.165, 1.54) is 0 Å². The van der Waals surface area contributed by atoms with Gasteiger partial charge in [-0.05, 0) is 52.3 Å². The Kier molecular flexibility index (Phi) is 5.15. The van der Waals surface area contributed by atoms with Gasteiger partial charge < -0.3 is 5.32 Å². The van der Waals surface area contributed by atoms with Crippen LogP contribution in [-0.2, 0) is 0 Å². The number of rotatable bonds is 3. The Bertz CT molecular complexity index is 601. The van der Waals surface area contributed by atoms with Crippen LogP contribution in [0, 0.1) is 0 Å². The lowest BCUT2D eigenvalue weighted by atomic mass is 9.99. The zero-order chi connectivity index (χ0) is 14.0. The van der Waals surface area contributed by atoms with Crippen molar-refractivity contribution in [2.24, 2.45) is 0 Å². The molecule has 5 heteroatoms. The van der Waals surface area contributed by atoms with Crippen LogP contribution < -0.4 is 5.32 Å². The highest BCUT2D eigenvalue weighted by atomic mass is 79.9. The molecule has 0 bridgehead atoms. The molecule has 0 fully saturated rings. The van der Waals surface area contributed by atoms with Crippen molar-refractivity contribution in [3.8, 4) is 0 Å². The average molecular weight is 380 g/mol. The lowest BCUT2D eigenvalue weighted by molar-refractivity contribution is 0.692. The summed E-state index contributed by atoms with van der Waals surface area (Å²) in [7, 11) is 1.88. The number of benzene rings is 2. The Balaban J connectivity index is 2.50. The fourth-order valence-corrected chi connectivity index (χ4v) is 2.87. The molecule has 0 heterocycles. The molecule has 0 aliphatic rings. The van der Waals surface area contributed by atoms with E-state index in [2.05, 4.69) is 21.2 Å². The SMILES string of the molecule is CNC(c1ccc(Cl)c(Br)c1)c1cccc(Cl)c1Cl. The third kappa shape index (κ3) is 3.26. The fourth-order valence-electron chi connectivity index (χ4n) is 1.94. The molecule has 1 unspecified atom stereocenters. The van der Waals surface area contributed by atoms with Crippen molar-refractivity contribution in [1.29, 1.82) is 0 Å². The largest absolute Gasteiger partial charge is 0.309 e. The average Bonchev–Trinajstić information content (AvgIpc) is 2.39. The summed E-state index contributed by atoms with van der Waals surface area (Å²) in [6, 6.07) is 11.4. The third-order valence-corrected chi connectivity index (χ3v) is 4.91. The third-order valence-electron chi connectivity index (χ3n) is 2.86. The lowest BCUT2D eigenvalue weighted by Gasteiger charge is -2.19. The van der Waals surface area contributed by atoms with Crippen molar-refractivity contribution in [1.82, 2.24) is 5.32 Å². The molecule has 1 atom stereocenters. The molecule has 0 radical (unpaired) electrons. The second kappa shape index (κ2) is 6.47. The maximum Gasteiger partial charge on any atom is 0.0643 e. The first-order valence-corrected chi connectivity index (χ1v) is 7.53. The molecular formula is C14H11BrCl3N. The maximum atomic E-state index is 6.28. The number of hydrogen-bond acceptors (Lipinski definition) is 1. The Morgan fingerprint density at radius 1 is 1.05 bits per heavy atom. The number of hydrogen-bond donors (Lipinski definition) is 1. The van der Waals surface area contributed by atoms with Gasteiger partial charge >= 0.3 is 0 Å². The van der Waals surface area contributed by atoms with Gasteiger partial charge in [0.1, 0.15) is 0 Å². The summed E-state index contributed by atoms with van der Waals surface area (Å²) < 4.78 is 0.852. The highest BCUT2D eigenvalue weighted by Gasteiger charge is 2.17. The molecule has 0 saturated carbocycles. The zero-order valence-corrected chi connectivity index (χ0v) is 13.9. The minimum absolute atomic E-state index is 0.0419. The molecule has 0 aromatic heterocycles. The van der Waals surface area contributed by atoms with E-state index in [9.17, 15) is 0 Å². The second-order valence-electron chi connectivity index (χ2n) is 4.04. The normalized spacial score (nSPS) is 12.5. The first-order chi connectivity index (χ1) is 9.04. The molecule has 0 aliphatic heterocycles. The molecule has 0 spiro atoms. The van der Waals surface area contributed by atoms with E-state index in [0.29, 0.717) is 15.1 Å². The van der Waals surface area contributed by atoms with Crippen LogP contribution in [0.15, 0.2) is 40.9 Å². The topological polar surface area (TPSA) is 12.0 Å². The van der Waals surface area contributed by atoms with Crippen molar-refractivity contribution < 1.29 is 0 Å². The van der Waals surface area contributed by atoms with E-state index in [1.807, 2.05) is 37.4 Å². The summed E-state index contributed by atoms with van der Waals surface area (Å²) in [5.74, 6) is 0. The monoisotopic (exact) mass is 377 g/mol. The molecule has 0 saturated heterocycles. The molecule has 2 rings (SSSR count). The summed E-state index contributed by atoms with van der Waals surface area (Å²) in [6.45, 7) is 0. The molecular weight excluding hydrogens is 368 g/mol. The van der Waals surface area contributed by atoms with Crippen molar-refractivity contribution in [2.75, 3.05) is 7.05 Å². The van der Waals surface area contributed by atoms with E-state index in [1.54, 1.807) is 6.07 Å². The van der Waals surface area contributed by atoms with Crippen LogP contribution in [-0.4, -0.2) is 7.05 Å². The summed E-state index contributed by atoms with van der Waals surface area (Å²) >= 11 is 21.8. The van der Waals surface area contributed by atoms with Crippen molar-refractivity contribution >= 4 is 50.7 Å². The molecule has 1 nitrogen and oxygen atoms in total. The first-order valence-electron chi connectivity index (χ1n) is 5.60. The van der Waals surface area contributed by atoms with Gasteiger partial charge in [0.2, 0.25) is 0 Å². The van der Waals surface area contributed by atoms with E-state index < -0.39 is 0 Å². The minimum atomic E-state index is -0.0419. The number of nitrogens with one attached hydrogen (secondary N) is 1. The van der Waals surface area contributed by atoms with E-state index in [0.717, 1.165) is 15.6 Å². The smallest absolute Gasteiger partial charge is 0.0643 e. The van der Waals surface area contributed by atoms with Crippen LogP contribution in [0.2, 0.25) is 15.1 Å². The van der Waals surface area contributed by atoms with Crippen LogP contribution >= 0.6 is 50.7 Å². The lowest BCUT2D eigenvalue weighted by Crippen LogP contribution is -2.18. The number of halogens is 4. The van der Waals surface area contributed by atoms with Gasteiger partial charge in [-0.1, -0.05) is 53.0 Å². The van der Waals surface area contributed by atoms with Crippen molar-refractivity contribution in [3.05, 3.63) is 67.1 Å². The second-order valence-corrected chi connectivity index (χ2v) is 6.08. The highest BCUT2D eigenvalue weighted by molar-refractivity contribution is 9.10. The quantitative estimate of drug-likeness (QED) is 0.719. The Morgan fingerprint density at radius 2 is 1.79 bits per heavy atom. The van der Waals surface area contributed by atoms with Crippen LogP contribution in [0.4, 0.5) is 0 Å². The Labute approximate surface area is 136 Å². The molecule has 1 N–H and O–H groups in total. The summed E-state index contributed by atoms with van der Waals surface area (Å²) in [6.07, 6.45) is 0. The van der Waals surface area contributed by atoms with E-state index in [-0.39, 0.29) is 6.04 Å². The summed E-state index contributed by atoms with van der Waals surface area (Å²) in [5, 5.41) is 5.03. The van der Waals surface area contributed by atoms with Gasteiger partial charge in [0.05, 0.1) is 21.1 Å². The molecule has 2 aromatic carbocycles. The van der Waals surface area contributed by atoms with Crippen LogP contribution in [0.25, 0.3) is 0 Å². The van der Waals surface area contributed by atoms with Crippen molar-refractivity contribution in [3.63, 3.8) is 0 Å². The van der Waals surface area contributed by atoms with Crippen LogP contribution in [0.3, 0.4) is 0 Å². The summed E-state index contributed by atoms with van der Waals surface area (Å²) in [4.78, 5) is 0. The zero-order valence-electron chi connectivity index (χ0n) is 10.1. The molecule has 0 aliphatic carbocycles. The predicted molar refractivity (Wildman–Crippen MR) is 86.5 cm³/mol. The van der Waals surface area contributed by atoms with Gasteiger partial charge in [0.25, 0.3) is 0 Å². The minimum Gasteiger partial charge on any atom is -0.309 e. The van der Waals surface area contributed by atoms with Crippen molar-refractivity contribution in [2.45, 2.75) is 6.04 Å². The van der Waals surface area contributed by atoms with Crippen LogP contribution in [0.1, 0.15) is 17.2 Å². The molecule has 2 aromatic rings. The van der Waals surface area contributed by atoms with Gasteiger partial charge in [0, 0.05) is 4.47 Å². The van der Waals surface area contributed by atoms with Gasteiger partial charge in [-0.25, -0.2) is 0 Å². The Morgan fingerprint density at radius 3 is 2.42 bits per heavy atom. The van der Waals surface area contributed by atoms with E-state index in [4.69, 9.17) is 34.8 Å². The predicted octanol–water partition coefficient (Wildman–Crippen LogP) is 5.72. The standard InChI is InChI=1S/C14H11BrCl3N/c1-19-14(8-5-6-11(16)10(15)7-8)9-3-2-4-12(17)13(9)18/h2-7,14,19H,1H3. The molecule has 0 amide bonds. The first kappa shape index (κ1) is 15.1. The molecule has 19 heavy (non-hydrogen) atoms. The van der Waals surface area contributed by atoms with Gasteiger partial charge in [-0.2, -0.15) is 0 Å². The van der Waals surface area contributed by atoms with Crippen LogP contribution in [0.5, 0.6) is 0 Å². The highest BCUT2D eigenvalue weighted by Crippen LogP contribution is 2.34. The van der Waals surface area contributed by atoms with E-state index >= 15 is 0 Å². The van der Waals surface area contributed by atoms with Gasteiger partial charge in [0.15, 0.2) is 0 Å². The fraction of sp³-hybridized carbons (Fsp3) is 0.143.